The van der Waals surface area contributed by atoms with Crippen molar-refractivity contribution in [2.75, 3.05) is 0 Å². The third-order valence-corrected chi connectivity index (χ3v) is 11.3. The van der Waals surface area contributed by atoms with E-state index in [-0.39, 0.29) is 11.4 Å². The molecular formula is C28H25OPS. The highest BCUT2D eigenvalue weighted by atomic mass is 32.4. The molecule has 0 aromatic heterocycles. The summed E-state index contributed by atoms with van der Waals surface area (Å²) < 4.78 is 0. The Balaban J connectivity index is 1.82. The SMILES string of the molecule is O=C(CC(Cc1ccccc1)P(=S)(c1ccccc1)c1ccccc1)c1ccccc1. The van der Waals surface area contributed by atoms with Crippen LogP contribution >= 0.6 is 6.04 Å². The summed E-state index contributed by atoms with van der Waals surface area (Å²) in [5, 5.41) is 2.33. The summed E-state index contributed by atoms with van der Waals surface area (Å²) in [5.74, 6) is 0.155. The van der Waals surface area contributed by atoms with Crippen molar-refractivity contribution in [3.63, 3.8) is 0 Å². The van der Waals surface area contributed by atoms with Crippen molar-refractivity contribution in [1.82, 2.24) is 0 Å². The van der Waals surface area contributed by atoms with Crippen molar-refractivity contribution >= 4 is 34.2 Å². The molecule has 0 fully saturated rings. The van der Waals surface area contributed by atoms with Gasteiger partial charge < -0.3 is 0 Å². The third-order valence-electron chi connectivity index (χ3n) is 5.62. The Morgan fingerprint density at radius 1 is 0.645 bits per heavy atom. The average Bonchev–Trinajstić information content (AvgIpc) is 2.85. The molecule has 0 aliphatic carbocycles. The Labute approximate surface area is 189 Å². The van der Waals surface area contributed by atoms with Gasteiger partial charge in [0.15, 0.2) is 5.78 Å². The quantitative estimate of drug-likeness (QED) is 0.247. The second-order valence-electron chi connectivity index (χ2n) is 7.67. The second-order valence-corrected chi connectivity index (χ2v) is 12.5. The molecule has 0 amide bonds. The fourth-order valence-electron chi connectivity index (χ4n) is 4.04. The first kappa shape index (κ1) is 21.4. The van der Waals surface area contributed by atoms with E-state index in [4.69, 9.17) is 11.8 Å². The molecule has 4 aromatic rings. The summed E-state index contributed by atoms with van der Waals surface area (Å²) in [5.41, 5.74) is 2.00. The number of Topliss-reactive ketones (excluding diaryl/α,β-unsaturated/α-hetero) is 1. The Hall–Kier alpha value is -2.80. The van der Waals surface area contributed by atoms with Gasteiger partial charge in [-0.3, -0.25) is 4.79 Å². The summed E-state index contributed by atoms with van der Waals surface area (Å²) in [4.78, 5) is 13.3. The van der Waals surface area contributed by atoms with Crippen molar-refractivity contribution in [1.29, 1.82) is 0 Å². The highest BCUT2D eigenvalue weighted by molar-refractivity contribution is 8.22. The number of benzene rings is 4. The lowest BCUT2D eigenvalue weighted by Crippen LogP contribution is -2.29. The van der Waals surface area contributed by atoms with E-state index in [0.717, 1.165) is 22.6 Å². The number of rotatable bonds is 8. The monoisotopic (exact) mass is 440 g/mol. The van der Waals surface area contributed by atoms with Crippen LogP contribution in [0.25, 0.3) is 0 Å². The number of hydrogen-bond donors (Lipinski definition) is 0. The largest absolute Gasteiger partial charge is 0.294 e. The predicted octanol–water partition coefficient (Wildman–Crippen LogP) is 6.00. The van der Waals surface area contributed by atoms with Gasteiger partial charge in [0, 0.05) is 23.7 Å². The molecule has 1 nitrogen and oxygen atoms in total. The maximum absolute atomic E-state index is 13.3. The van der Waals surface area contributed by atoms with Crippen LogP contribution in [0, 0.1) is 0 Å². The Morgan fingerprint density at radius 3 is 1.55 bits per heavy atom. The molecule has 0 aliphatic rings. The Morgan fingerprint density at radius 2 is 1.06 bits per heavy atom. The van der Waals surface area contributed by atoms with E-state index in [1.165, 1.54) is 5.56 Å². The summed E-state index contributed by atoms with van der Waals surface area (Å²) >= 11 is 6.58. The fraction of sp³-hybridized carbons (Fsp3) is 0.107. The van der Waals surface area contributed by atoms with Crippen molar-refractivity contribution in [2.24, 2.45) is 0 Å². The van der Waals surface area contributed by atoms with Gasteiger partial charge in [-0.05, 0) is 22.6 Å². The van der Waals surface area contributed by atoms with Gasteiger partial charge in [-0.2, -0.15) is 0 Å². The second kappa shape index (κ2) is 10.0. The molecule has 0 spiro atoms. The van der Waals surface area contributed by atoms with Gasteiger partial charge in [0.05, 0.1) is 0 Å². The molecule has 0 aliphatic heterocycles. The molecule has 0 radical (unpaired) electrons. The van der Waals surface area contributed by atoms with E-state index >= 15 is 0 Å². The van der Waals surface area contributed by atoms with E-state index in [9.17, 15) is 4.79 Å². The highest BCUT2D eigenvalue weighted by Crippen LogP contribution is 2.51. The van der Waals surface area contributed by atoms with Crippen molar-refractivity contribution in [3.05, 3.63) is 132 Å². The fourth-order valence-corrected chi connectivity index (χ4v) is 8.48. The summed E-state index contributed by atoms with van der Waals surface area (Å²) in [6, 6.07) is 38.5. The lowest BCUT2D eigenvalue weighted by molar-refractivity contribution is 0.0981. The van der Waals surface area contributed by atoms with Crippen LogP contribution in [0.4, 0.5) is 0 Å². The van der Waals surface area contributed by atoms with Crippen LogP contribution in [-0.2, 0) is 18.2 Å². The smallest absolute Gasteiger partial charge is 0.163 e. The number of carbonyl (C=O) groups excluding carboxylic acids is 1. The molecule has 0 saturated carbocycles. The number of hydrogen-bond acceptors (Lipinski definition) is 2. The summed E-state index contributed by atoms with van der Waals surface area (Å²) in [6.07, 6.45) is 1.21. The van der Waals surface area contributed by atoms with E-state index in [2.05, 4.69) is 72.8 Å². The minimum Gasteiger partial charge on any atom is -0.294 e. The van der Waals surface area contributed by atoms with Gasteiger partial charge in [-0.25, -0.2) is 0 Å². The number of carbonyl (C=O) groups is 1. The predicted molar refractivity (Wildman–Crippen MR) is 136 cm³/mol. The van der Waals surface area contributed by atoms with E-state index in [1.807, 2.05) is 48.5 Å². The van der Waals surface area contributed by atoms with Crippen molar-refractivity contribution in [3.8, 4) is 0 Å². The molecule has 0 bridgehead atoms. The molecule has 154 valence electrons. The molecule has 0 N–H and O–H groups in total. The first-order valence-electron chi connectivity index (χ1n) is 10.5. The zero-order valence-electron chi connectivity index (χ0n) is 17.3. The Kier molecular flexibility index (Phi) is 6.92. The van der Waals surface area contributed by atoms with Crippen LogP contribution in [0.3, 0.4) is 0 Å². The molecule has 4 aromatic carbocycles. The van der Waals surface area contributed by atoms with Crippen LogP contribution < -0.4 is 10.6 Å². The molecule has 0 saturated heterocycles. The Bertz CT molecular complexity index is 1120. The van der Waals surface area contributed by atoms with Gasteiger partial charge in [-0.1, -0.05) is 133 Å². The zero-order chi connectivity index (χ0) is 21.5. The van der Waals surface area contributed by atoms with Crippen LogP contribution in [0.1, 0.15) is 22.3 Å². The van der Waals surface area contributed by atoms with Gasteiger partial charge in [0.25, 0.3) is 0 Å². The molecule has 0 heterocycles. The minimum atomic E-state index is -2.26. The van der Waals surface area contributed by atoms with Crippen LogP contribution in [0.2, 0.25) is 0 Å². The molecule has 31 heavy (non-hydrogen) atoms. The highest BCUT2D eigenvalue weighted by Gasteiger charge is 2.34. The van der Waals surface area contributed by atoms with E-state index in [0.29, 0.717) is 6.42 Å². The van der Waals surface area contributed by atoms with Gasteiger partial charge in [0.2, 0.25) is 0 Å². The van der Waals surface area contributed by atoms with Crippen LogP contribution in [0.5, 0.6) is 0 Å². The van der Waals surface area contributed by atoms with Gasteiger partial charge >= 0.3 is 0 Å². The molecule has 1 unspecified atom stereocenters. The summed E-state index contributed by atoms with van der Waals surface area (Å²) in [7, 11) is 0. The maximum Gasteiger partial charge on any atom is 0.163 e. The van der Waals surface area contributed by atoms with Crippen molar-refractivity contribution < 1.29 is 4.79 Å². The van der Waals surface area contributed by atoms with E-state index in [1.54, 1.807) is 0 Å². The third kappa shape index (κ3) is 4.93. The van der Waals surface area contributed by atoms with Crippen LogP contribution in [0.15, 0.2) is 121 Å². The van der Waals surface area contributed by atoms with Crippen molar-refractivity contribution in [2.45, 2.75) is 18.5 Å². The lowest BCUT2D eigenvalue weighted by Gasteiger charge is -2.32. The van der Waals surface area contributed by atoms with Gasteiger partial charge in [0.1, 0.15) is 0 Å². The molecule has 4 rings (SSSR count). The number of ketones is 1. The molecule has 1 atom stereocenters. The topological polar surface area (TPSA) is 17.1 Å². The normalized spacial score (nSPS) is 12.3. The van der Waals surface area contributed by atoms with Gasteiger partial charge in [-0.15, -0.1) is 0 Å². The van der Waals surface area contributed by atoms with E-state index < -0.39 is 6.04 Å². The average molecular weight is 441 g/mol. The zero-order valence-corrected chi connectivity index (χ0v) is 19.0. The first-order valence-corrected chi connectivity index (χ1v) is 13.4. The molecular weight excluding hydrogens is 415 g/mol. The van der Waals surface area contributed by atoms with Crippen LogP contribution in [-0.4, -0.2) is 11.4 Å². The summed E-state index contributed by atoms with van der Waals surface area (Å²) in [6.45, 7) is 0. The lowest BCUT2D eigenvalue weighted by atomic mass is 10.0. The standard InChI is InChI=1S/C28H25OPS/c29-28(24-15-7-2-8-16-24)22-27(21-23-13-5-1-6-14-23)30(31,25-17-9-3-10-18-25)26-19-11-4-12-20-26/h1-20,27H,21-22H2. The first-order chi connectivity index (χ1) is 15.2. The maximum atomic E-state index is 13.3. The minimum absolute atomic E-state index is 0.0300. The molecule has 3 heteroatoms.